The minimum Gasteiger partial charge on any atom is -0.480 e. The number of hydrogen-bond acceptors (Lipinski definition) is 4. The molecule has 1 aliphatic heterocycles. The smallest absolute Gasteiger partial charge is 0.265 e. The van der Waals surface area contributed by atoms with Gasteiger partial charge in [-0.2, -0.15) is 0 Å². The number of pyridine rings is 1. The molecule has 0 bridgehead atoms. The molecule has 32 heavy (non-hydrogen) atoms. The molecule has 4 rings (SSSR count). The Morgan fingerprint density at radius 3 is 2.62 bits per heavy atom. The average Bonchev–Trinajstić information content (AvgIpc) is 2.90. The van der Waals surface area contributed by atoms with Crippen molar-refractivity contribution in [2.45, 2.75) is 32.5 Å². The van der Waals surface area contributed by atoms with E-state index in [0.29, 0.717) is 17.0 Å². The third-order valence-corrected chi connectivity index (χ3v) is 5.82. The van der Waals surface area contributed by atoms with E-state index in [1.54, 1.807) is 23.4 Å². The number of aromatic nitrogens is 1. The van der Waals surface area contributed by atoms with Crippen molar-refractivity contribution in [3.05, 3.63) is 88.7 Å². The van der Waals surface area contributed by atoms with E-state index in [0.717, 1.165) is 10.0 Å². The highest BCUT2D eigenvalue weighted by Crippen LogP contribution is 2.38. The lowest BCUT2D eigenvalue weighted by Crippen LogP contribution is -2.46. The zero-order valence-corrected chi connectivity index (χ0v) is 19.5. The van der Waals surface area contributed by atoms with Crippen molar-refractivity contribution in [1.82, 2.24) is 9.88 Å². The summed E-state index contributed by atoms with van der Waals surface area (Å²) in [5, 5.41) is 2.96. The third-order valence-electron chi connectivity index (χ3n) is 5.33. The number of nitrogens with one attached hydrogen (secondary N) is 1. The van der Waals surface area contributed by atoms with Crippen molar-refractivity contribution in [2.75, 3.05) is 5.32 Å². The fraction of sp³-hybridized carbons (Fsp3) is 0.240. The molecule has 0 saturated heterocycles. The van der Waals surface area contributed by atoms with E-state index in [4.69, 9.17) is 4.74 Å². The Kier molecular flexibility index (Phi) is 6.55. The number of ether oxygens (including phenoxy) is 1. The summed E-state index contributed by atoms with van der Waals surface area (Å²) in [5.41, 5.74) is 2.13. The Hall–Kier alpha value is -3.19. The molecular weight excluding hydrogens is 470 g/mol. The van der Waals surface area contributed by atoms with Gasteiger partial charge in [-0.1, -0.05) is 54.0 Å². The van der Waals surface area contributed by atoms with Crippen LogP contribution < -0.4 is 10.1 Å². The zero-order chi connectivity index (χ0) is 22.7. The highest BCUT2D eigenvalue weighted by Gasteiger charge is 2.42. The third kappa shape index (κ3) is 4.67. The fourth-order valence-electron chi connectivity index (χ4n) is 3.78. The van der Waals surface area contributed by atoms with Crippen molar-refractivity contribution in [2.24, 2.45) is 5.92 Å². The predicted octanol–water partition coefficient (Wildman–Crippen LogP) is 4.97. The summed E-state index contributed by atoms with van der Waals surface area (Å²) in [5.74, 6) is -0.0846. The van der Waals surface area contributed by atoms with Crippen molar-refractivity contribution in [3.8, 4) is 5.75 Å². The Bertz CT molecular complexity index is 1110. The van der Waals surface area contributed by atoms with E-state index >= 15 is 0 Å². The second-order valence-electron chi connectivity index (χ2n) is 8.05. The summed E-state index contributed by atoms with van der Waals surface area (Å²) >= 11 is 3.50. The number of para-hydroxylation sites is 1. The number of rotatable bonds is 5. The molecule has 7 heteroatoms. The maximum absolute atomic E-state index is 13.7. The molecule has 2 unspecified atom stereocenters. The summed E-state index contributed by atoms with van der Waals surface area (Å²) in [4.78, 5) is 33.1. The summed E-state index contributed by atoms with van der Waals surface area (Å²) < 4.78 is 6.98. The topological polar surface area (TPSA) is 71.5 Å². The molecular formula is C25H24BrN3O3. The number of carbonyl (C=O) groups is 2. The van der Waals surface area contributed by atoms with Crippen molar-refractivity contribution in [3.63, 3.8) is 0 Å². The van der Waals surface area contributed by atoms with Gasteiger partial charge in [0.2, 0.25) is 0 Å². The van der Waals surface area contributed by atoms with Crippen LogP contribution in [0.2, 0.25) is 0 Å². The van der Waals surface area contributed by atoms with Gasteiger partial charge in [0.1, 0.15) is 11.8 Å². The van der Waals surface area contributed by atoms with Gasteiger partial charge in [0.25, 0.3) is 11.8 Å². The van der Waals surface area contributed by atoms with Crippen LogP contribution in [0.15, 0.2) is 77.5 Å². The summed E-state index contributed by atoms with van der Waals surface area (Å²) in [6.07, 6.45) is 2.68. The predicted molar refractivity (Wildman–Crippen MR) is 126 cm³/mol. The summed E-state index contributed by atoms with van der Waals surface area (Å²) in [6, 6.07) is 17.6. The second kappa shape index (κ2) is 9.53. The second-order valence-corrected chi connectivity index (χ2v) is 8.97. The molecule has 1 aromatic heterocycles. The number of halogens is 1. The van der Waals surface area contributed by atoms with Crippen molar-refractivity contribution in [1.29, 1.82) is 0 Å². The monoisotopic (exact) mass is 493 g/mol. The molecule has 164 valence electrons. The van der Waals surface area contributed by atoms with Gasteiger partial charge in [0.15, 0.2) is 6.10 Å². The molecule has 0 fully saturated rings. The van der Waals surface area contributed by atoms with Crippen molar-refractivity contribution >= 4 is 33.4 Å². The maximum Gasteiger partial charge on any atom is 0.265 e. The average molecular weight is 494 g/mol. The normalized spacial score (nSPS) is 18.0. The first-order valence-corrected chi connectivity index (χ1v) is 11.2. The van der Waals surface area contributed by atoms with Crippen LogP contribution in [0, 0.1) is 5.92 Å². The van der Waals surface area contributed by atoms with Gasteiger partial charge < -0.3 is 15.0 Å². The number of nitrogens with zero attached hydrogens (tertiary/aromatic N) is 2. The van der Waals surface area contributed by atoms with Crippen LogP contribution >= 0.6 is 15.9 Å². The van der Waals surface area contributed by atoms with Gasteiger partial charge in [0.05, 0.1) is 0 Å². The summed E-state index contributed by atoms with van der Waals surface area (Å²) in [6.45, 7) is 4.11. The summed E-state index contributed by atoms with van der Waals surface area (Å²) in [7, 11) is 0. The van der Waals surface area contributed by atoms with Crippen LogP contribution in [0.1, 0.15) is 31.0 Å². The highest BCUT2D eigenvalue weighted by molar-refractivity contribution is 9.10. The quantitative estimate of drug-likeness (QED) is 0.544. The molecule has 2 atom stereocenters. The molecule has 2 aromatic carbocycles. The molecule has 0 saturated carbocycles. The molecule has 0 aliphatic carbocycles. The van der Waals surface area contributed by atoms with Crippen LogP contribution in [-0.4, -0.2) is 27.8 Å². The molecule has 6 nitrogen and oxygen atoms in total. The van der Waals surface area contributed by atoms with Gasteiger partial charge >= 0.3 is 0 Å². The van der Waals surface area contributed by atoms with Crippen molar-refractivity contribution < 1.29 is 14.3 Å². The largest absolute Gasteiger partial charge is 0.480 e. The van der Waals surface area contributed by atoms with E-state index in [1.807, 2.05) is 68.4 Å². The molecule has 1 aliphatic rings. The Labute approximate surface area is 195 Å². The molecule has 2 amide bonds. The van der Waals surface area contributed by atoms with E-state index < -0.39 is 12.1 Å². The van der Waals surface area contributed by atoms with Crippen LogP contribution in [-0.2, 0) is 16.1 Å². The molecule has 2 heterocycles. The lowest BCUT2D eigenvalue weighted by Gasteiger charge is -2.31. The van der Waals surface area contributed by atoms with E-state index in [-0.39, 0.29) is 24.3 Å². The van der Waals surface area contributed by atoms with Gasteiger partial charge in [0, 0.05) is 34.7 Å². The van der Waals surface area contributed by atoms with E-state index in [1.165, 1.54) is 0 Å². The van der Waals surface area contributed by atoms with Gasteiger partial charge in [-0.15, -0.1) is 0 Å². The number of carbonyl (C=O) groups excluding carboxylic acids is 2. The van der Waals surface area contributed by atoms with Crippen LogP contribution in [0.5, 0.6) is 5.75 Å². The Morgan fingerprint density at radius 2 is 1.94 bits per heavy atom. The van der Waals surface area contributed by atoms with Gasteiger partial charge in [-0.3, -0.25) is 14.6 Å². The van der Waals surface area contributed by atoms with E-state index in [2.05, 4.69) is 26.2 Å². The van der Waals surface area contributed by atoms with Crippen LogP contribution in [0.3, 0.4) is 0 Å². The Balaban J connectivity index is 1.82. The number of anilines is 1. The number of benzene rings is 2. The Morgan fingerprint density at radius 1 is 1.16 bits per heavy atom. The van der Waals surface area contributed by atoms with Gasteiger partial charge in [-0.05, 0) is 47.9 Å². The lowest BCUT2D eigenvalue weighted by atomic mass is 10.0. The lowest BCUT2D eigenvalue weighted by molar-refractivity contribution is -0.146. The first-order valence-electron chi connectivity index (χ1n) is 10.5. The standard InChI is InChI=1S/C25H24BrN3O3/c1-16(2)23-25(31)29(15-17-7-6-12-27-14-17)22(20-13-18(26)10-11-21(20)32-23)24(30)28-19-8-4-3-5-9-19/h3-14,16,22-23H,15H2,1-2H3,(H,28,30). The van der Waals surface area contributed by atoms with Gasteiger partial charge in [-0.25, -0.2) is 0 Å². The minimum atomic E-state index is -0.876. The molecule has 1 N–H and O–H groups in total. The zero-order valence-electron chi connectivity index (χ0n) is 17.9. The fourth-order valence-corrected chi connectivity index (χ4v) is 4.16. The highest BCUT2D eigenvalue weighted by atomic mass is 79.9. The number of amides is 2. The number of fused-ring (bicyclic) bond motifs is 1. The van der Waals surface area contributed by atoms with Crippen LogP contribution in [0.4, 0.5) is 5.69 Å². The molecule has 0 radical (unpaired) electrons. The maximum atomic E-state index is 13.7. The molecule has 0 spiro atoms. The molecule has 3 aromatic rings. The first kappa shape index (κ1) is 22.0. The van der Waals surface area contributed by atoms with Crippen LogP contribution in [0.25, 0.3) is 0 Å². The minimum absolute atomic E-state index is 0.0775. The number of hydrogen-bond donors (Lipinski definition) is 1. The van der Waals surface area contributed by atoms with E-state index in [9.17, 15) is 9.59 Å². The first-order chi connectivity index (χ1) is 15.4. The SMILES string of the molecule is CC(C)C1Oc2ccc(Br)cc2C(C(=O)Nc2ccccc2)N(Cc2cccnc2)C1=O.